The third-order valence-corrected chi connectivity index (χ3v) is 2.95. The van der Waals surface area contributed by atoms with Crippen LogP contribution in [0.4, 0.5) is 5.69 Å². The Kier molecular flexibility index (Phi) is 2.33. The van der Waals surface area contributed by atoms with E-state index in [4.69, 9.17) is 5.73 Å². The lowest BCUT2D eigenvalue weighted by Crippen LogP contribution is -1.91. The molecule has 0 amide bonds. The molecule has 84 valence electrons. The first-order chi connectivity index (χ1) is 8.24. The standard InChI is InChI=1S/C12H9BrN4/c13-9-5-8(6-10(14)7-9)12-16-15-11-3-1-2-4-17(11)12/h1-7H,14H2. The number of fused-ring (bicyclic) bond motifs is 1. The number of hydrogen-bond donors (Lipinski definition) is 1. The number of aromatic nitrogens is 3. The molecule has 0 atom stereocenters. The molecule has 3 aromatic rings. The average Bonchev–Trinajstić information content (AvgIpc) is 2.71. The van der Waals surface area contributed by atoms with Crippen molar-refractivity contribution < 1.29 is 0 Å². The summed E-state index contributed by atoms with van der Waals surface area (Å²) in [6.45, 7) is 0. The van der Waals surface area contributed by atoms with Gasteiger partial charge in [-0.05, 0) is 30.3 Å². The molecule has 0 unspecified atom stereocenters. The van der Waals surface area contributed by atoms with Crippen molar-refractivity contribution in [2.75, 3.05) is 5.73 Å². The van der Waals surface area contributed by atoms with Gasteiger partial charge in [0, 0.05) is 21.9 Å². The Bertz CT molecular complexity index is 670. The summed E-state index contributed by atoms with van der Waals surface area (Å²) in [4.78, 5) is 0. The number of rotatable bonds is 1. The van der Waals surface area contributed by atoms with E-state index in [2.05, 4.69) is 26.1 Å². The first kappa shape index (κ1) is 10.3. The molecule has 1 aromatic carbocycles. The summed E-state index contributed by atoms with van der Waals surface area (Å²) >= 11 is 3.43. The molecule has 0 spiro atoms. The van der Waals surface area contributed by atoms with Gasteiger partial charge in [-0.15, -0.1) is 10.2 Å². The van der Waals surface area contributed by atoms with E-state index in [1.165, 1.54) is 0 Å². The van der Waals surface area contributed by atoms with Crippen LogP contribution in [0.5, 0.6) is 0 Å². The maximum absolute atomic E-state index is 5.82. The lowest BCUT2D eigenvalue weighted by atomic mass is 10.2. The summed E-state index contributed by atoms with van der Waals surface area (Å²) in [5.74, 6) is 0.786. The van der Waals surface area contributed by atoms with Crippen LogP contribution in [-0.4, -0.2) is 14.6 Å². The Hall–Kier alpha value is -1.88. The summed E-state index contributed by atoms with van der Waals surface area (Å²) in [6, 6.07) is 11.5. The van der Waals surface area contributed by atoms with E-state index in [-0.39, 0.29) is 0 Å². The Morgan fingerprint density at radius 3 is 2.82 bits per heavy atom. The molecule has 0 aliphatic heterocycles. The molecule has 0 saturated carbocycles. The van der Waals surface area contributed by atoms with Crippen molar-refractivity contribution in [3.8, 4) is 11.4 Å². The number of nitrogens with two attached hydrogens (primary N) is 1. The molecule has 2 heterocycles. The van der Waals surface area contributed by atoms with Crippen molar-refractivity contribution in [2.24, 2.45) is 0 Å². The molecule has 3 rings (SSSR count). The second kappa shape index (κ2) is 3.85. The highest BCUT2D eigenvalue weighted by atomic mass is 79.9. The molecule has 0 fully saturated rings. The van der Waals surface area contributed by atoms with Crippen LogP contribution in [-0.2, 0) is 0 Å². The van der Waals surface area contributed by atoms with Gasteiger partial charge in [-0.3, -0.25) is 4.40 Å². The number of pyridine rings is 1. The van der Waals surface area contributed by atoms with Gasteiger partial charge in [0.2, 0.25) is 0 Å². The second-order valence-corrected chi connectivity index (χ2v) is 4.64. The normalized spacial score (nSPS) is 10.9. The van der Waals surface area contributed by atoms with Crippen LogP contribution in [0, 0.1) is 0 Å². The maximum Gasteiger partial charge on any atom is 0.168 e. The lowest BCUT2D eigenvalue weighted by Gasteiger charge is -2.02. The van der Waals surface area contributed by atoms with Gasteiger partial charge in [-0.25, -0.2) is 0 Å². The van der Waals surface area contributed by atoms with E-state index in [1.807, 2.05) is 47.0 Å². The Labute approximate surface area is 106 Å². The molecular formula is C12H9BrN4. The summed E-state index contributed by atoms with van der Waals surface area (Å²) in [5, 5.41) is 8.30. The van der Waals surface area contributed by atoms with Crippen LogP contribution in [0.1, 0.15) is 0 Å². The van der Waals surface area contributed by atoms with Gasteiger partial charge in [-0.1, -0.05) is 22.0 Å². The van der Waals surface area contributed by atoms with Crippen LogP contribution >= 0.6 is 15.9 Å². The van der Waals surface area contributed by atoms with E-state index < -0.39 is 0 Å². The largest absolute Gasteiger partial charge is 0.399 e. The van der Waals surface area contributed by atoms with E-state index in [9.17, 15) is 0 Å². The van der Waals surface area contributed by atoms with Gasteiger partial charge in [0.25, 0.3) is 0 Å². The van der Waals surface area contributed by atoms with Crippen molar-refractivity contribution in [1.29, 1.82) is 0 Å². The summed E-state index contributed by atoms with van der Waals surface area (Å²) in [7, 11) is 0. The molecule has 4 nitrogen and oxygen atoms in total. The Morgan fingerprint density at radius 1 is 1.12 bits per heavy atom. The first-order valence-corrected chi connectivity index (χ1v) is 5.89. The van der Waals surface area contributed by atoms with Gasteiger partial charge in [0.15, 0.2) is 11.5 Å². The van der Waals surface area contributed by atoms with E-state index in [0.717, 1.165) is 21.5 Å². The molecule has 0 radical (unpaired) electrons. The third kappa shape index (κ3) is 1.78. The SMILES string of the molecule is Nc1cc(Br)cc(-c2nnc3ccccn23)c1. The third-order valence-electron chi connectivity index (χ3n) is 2.49. The fraction of sp³-hybridized carbons (Fsp3) is 0. The molecular weight excluding hydrogens is 280 g/mol. The van der Waals surface area contributed by atoms with Crippen LogP contribution in [0.15, 0.2) is 47.1 Å². The smallest absolute Gasteiger partial charge is 0.168 e. The highest BCUT2D eigenvalue weighted by molar-refractivity contribution is 9.10. The number of anilines is 1. The molecule has 17 heavy (non-hydrogen) atoms. The zero-order chi connectivity index (χ0) is 11.8. The van der Waals surface area contributed by atoms with Crippen molar-refractivity contribution in [1.82, 2.24) is 14.6 Å². The molecule has 0 aliphatic rings. The van der Waals surface area contributed by atoms with Crippen molar-refractivity contribution in [3.05, 3.63) is 47.1 Å². The van der Waals surface area contributed by atoms with Gasteiger partial charge in [0.1, 0.15) is 0 Å². The Balaban J connectivity index is 2.27. The minimum Gasteiger partial charge on any atom is -0.399 e. The molecule has 2 N–H and O–H groups in total. The minimum atomic E-state index is 0.696. The van der Waals surface area contributed by atoms with E-state index in [1.54, 1.807) is 0 Å². The van der Waals surface area contributed by atoms with Gasteiger partial charge >= 0.3 is 0 Å². The van der Waals surface area contributed by atoms with Gasteiger partial charge in [-0.2, -0.15) is 0 Å². The molecule has 0 bridgehead atoms. The highest BCUT2D eigenvalue weighted by Crippen LogP contribution is 2.25. The fourth-order valence-corrected chi connectivity index (χ4v) is 2.29. The summed E-state index contributed by atoms with van der Waals surface area (Å²) in [6.07, 6.45) is 1.93. The predicted molar refractivity (Wildman–Crippen MR) is 70.5 cm³/mol. The summed E-state index contributed by atoms with van der Waals surface area (Å²) < 4.78 is 2.86. The molecule has 0 aliphatic carbocycles. The minimum absolute atomic E-state index is 0.696. The highest BCUT2D eigenvalue weighted by Gasteiger charge is 2.08. The monoisotopic (exact) mass is 288 g/mol. The van der Waals surface area contributed by atoms with Gasteiger partial charge < -0.3 is 5.73 Å². The van der Waals surface area contributed by atoms with Crippen LogP contribution in [0.3, 0.4) is 0 Å². The summed E-state index contributed by atoms with van der Waals surface area (Å²) in [5.41, 5.74) is 8.28. The van der Waals surface area contributed by atoms with Crippen molar-refractivity contribution >= 4 is 27.3 Å². The zero-order valence-electron chi connectivity index (χ0n) is 8.84. The van der Waals surface area contributed by atoms with Crippen molar-refractivity contribution in [2.45, 2.75) is 0 Å². The fourth-order valence-electron chi connectivity index (χ4n) is 1.78. The van der Waals surface area contributed by atoms with E-state index in [0.29, 0.717) is 5.69 Å². The molecule has 0 saturated heterocycles. The predicted octanol–water partition coefficient (Wildman–Crippen LogP) is 2.74. The number of nitrogens with zero attached hydrogens (tertiary/aromatic N) is 3. The van der Waals surface area contributed by atoms with Crippen LogP contribution in [0.2, 0.25) is 0 Å². The molecule has 5 heteroatoms. The number of hydrogen-bond acceptors (Lipinski definition) is 3. The van der Waals surface area contributed by atoms with Gasteiger partial charge in [0.05, 0.1) is 0 Å². The average molecular weight is 289 g/mol. The first-order valence-electron chi connectivity index (χ1n) is 5.10. The molecule has 2 aromatic heterocycles. The zero-order valence-corrected chi connectivity index (χ0v) is 10.4. The van der Waals surface area contributed by atoms with Crippen LogP contribution < -0.4 is 5.73 Å². The lowest BCUT2D eigenvalue weighted by molar-refractivity contribution is 1.11. The van der Waals surface area contributed by atoms with E-state index >= 15 is 0 Å². The number of benzene rings is 1. The Morgan fingerprint density at radius 2 is 2.00 bits per heavy atom. The number of nitrogen functional groups attached to an aromatic ring is 1. The van der Waals surface area contributed by atoms with Crippen LogP contribution in [0.25, 0.3) is 17.0 Å². The second-order valence-electron chi connectivity index (χ2n) is 3.73. The van der Waals surface area contributed by atoms with Crippen molar-refractivity contribution in [3.63, 3.8) is 0 Å². The maximum atomic E-state index is 5.82. The topological polar surface area (TPSA) is 56.2 Å². The quantitative estimate of drug-likeness (QED) is 0.701. The number of halogens is 1.